The maximum Gasteiger partial charge on any atom is 0.222 e. The number of carbonyl (C=O) groups is 1. The molecule has 4 heteroatoms. The molecule has 0 radical (unpaired) electrons. The summed E-state index contributed by atoms with van der Waals surface area (Å²) in [5, 5.41) is 3.46. The van der Waals surface area contributed by atoms with Gasteiger partial charge in [-0.25, -0.2) is 0 Å². The Balaban J connectivity index is 1.79. The van der Waals surface area contributed by atoms with Gasteiger partial charge in [0, 0.05) is 32.7 Å². The Morgan fingerprint density at radius 2 is 2.17 bits per heavy atom. The summed E-state index contributed by atoms with van der Waals surface area (Å²) in [5.74, 6) is 0.976. The van der Waals surface area contributed by atoms with Gasteiger partial charge in [-0.15, -0.1) is 0 Å². The van der Waals surface area contributed by atoms with Gasteiger partial charge in [0.1, 0.15) is 0 Å². The molecular formula is C14H26N2O2. The minimum absolute atomic E-state index is 0.324. The number of hydrogen-bond acceptors (Lipinski definition) is 3. The number of hydrogen-bond donors (Lipinski definition) is 1. The third-order valence-corrected chi connectivity index (χ3v) is 4.21. The average Bonchev–Trinajstić information content (AvgIpc) is 2.81. The first-order valence-corrected chi connectivity index (χ1v) is 7.29. The SMILES string of the molecule is COCCN(CC1CCCN1)C(=O)CC1CCC1. The van der Waals surface area contributed by atoms with Crippen LogP contribution in [0.25, 0.3) is 0 Å². The lowest BCUT2D eigenvalue weighted by molar-refractivity contribution is -0.133. The highest BCUT2D eigenvalue weighted by Crippen LogP contribution is 2.29. The van der Waals surface area contributed by atoms with Crippen LogP contribution in [0.2, 0.25) is 0 Å². The van der Waals surface area contributed by atoms with Crippen molar-refractivity contribution in [1.82, 2.24) is 10.2 Å². The molecule has 2 fully saturated rings. The lowest BCUT2D eigenvalue weighted by atomic mass is 9.82. The van der Waals surface area contributed by atoms with Gasteiger partial charge >= 0.3 is 0 Å². The Labute approximate surface area is 110 Å². The molecule has 1 N–H and O–H groups in total. The van der Waals surface area contributed by atoms with E-state index in [0.717, 1.165) is 26.1 Å². The van der Waals surface area contributed by atoms with Crippen molar-refractivity contribution in [3.8, 4) is 0 Å². The summed E-state index contributed by atoms with van der Waals surface area (Å²) in [5.41, 5.74) is 0. The summed E-state index contributed by atoms with van der Waals surface area (Å²) in [7, 11) is 1.70. The van der Waals surface area contributed by atoms with E-state index in [1.165, 1.54) is 32.1 Å². The largest absolute Gasteiger partial charge is 0.383 e. The molecule has 4 nitrogen and oxygen atoms in total. The van der Waals surface area contributed by atoms with E-state index in [9.17, 15) is 4.79 Å². The molecule has 1 amide bonds. The summed E-state index contributed by atoms with van der Waals surface area (Å²) >= 11 is 0. The van der Waals surface area contributed by atoms with Crippen molar-refractivity contribution in [1.29, 1.82) is 0 Å². The monoisotopic (exact) mass is 254 g/mol. The molecule has 1 unspecified atom stereocenters. The van der Waals surface area contributed by atoms with Crippen molar-refractivity contribution in [3.63, 3.8) is 0 Å². The molecule has 1 saturated carbocycles. The molecule has 0 aromatic carbocycles. The fraction of sp³-hybridized carbons (Fsp3) is 0.929. The number of nitrogens with one attached hydrogen (secondary N) is 1. The number of nitrogens with zero attached hydrogens (tertiary/aromatic N) is 1. The van der Waals surface area contributed by atoms with Gasteiger partial charge in [-0.1, -0.05) is 6.42 Å². The van der Waals surface area contributed by atoms with Crippen molar-refractivity contribution in [2.75, 3.05) is 33.4 Å². The van der Waals surface area contributed by atoms with Crippen LogP contribution in [0, 0.1) is 5.92 Å². The molecule has 0 spiro atoms. The second kappa shape index (κ2) is 7.10. The van der Waals surface area contributed by atoms with Crippen molar-refractivity contribution in [3.05, 3.63) is 0 Å². The number of carbonyl (C=O) groups excluding carboxylic acids is 1. The van der Waals surface area contributed by atoms with E-state index >= 15 is 0 Å². The van der Waals surface area contributed by atoms with Crippen LogP contribution in [0.15, 0.2) is 0 Å². The van der Waals surface area contributed by atoms with Crippen molar-refractivity contribution < 1.29 is 9.53 Å². The fourth-order valence-electron chi connectivity index (χ4n) is 2.77. The average molecular weight is 254 g/mol. The minimum atomic E-state index is 0.324. The van der Waals surface area contributed by atoms with Crippen molar-refractivity contribution in [2.24, 2.45) is 5.92 Å². The van der Waals surface area contributed by atoms with E-state index in [4.69, 9.17) is 4.74 Å². The first-order valence-electron chi connectivity index (χ1n) is 7.29. The Kier molecular flexibility index (Phi) is 5.45. The highest BCUT2D eigenvalue weighted by Gasteiger charge is 2.26. The normalized spacial score (nSPS) is 23.9. The fourth-order valence-corrected chi connectivity index (χ4v) is 2.77. The zero-order valence-electron chi connectivity index (χ0n) is 11.5. The van der Waals surface area contributed by atoms with Gasteiger partial charge in [0.25, 0.3) is 0 Å². The topological polar surface area (TPSA) is 41.6 Å². The van der Waals surface area contributed by atoms with Crippen LogP contribution < -0.4 is 5.32 Å². The maximum atomic E-state index is 12.3. The Hall–Kier alpha value is -0.610. The van der Waals surface area contributed by atoms with Crippen LogP contribution in [0.1, 0.15) is 38.5 Å². The Morgan fingerprint density at radius 3 is 2.72 bits per heavy atom. The van der Waals surface area contributed by atoms with Gasteiger partial charge in [-0.3, -0.25) is 4.79 Å². The second-order valence-electron chi connectivity index (χ2n) is 5.63. The quantitative estimate of drug-likeness (QED) is 0.747. The molecule has 1 aliphatic carbocycles. The highest BCUT2D eigenvalue weighted by molar-refractivity contribution is 5.76. The van der Waals surface area contributed by atoms with E-state index < -0.39 is 0 Å². The van der Waals surface area contributed by atoms with E-state index in [1.807, 2.05) is 4.90 Å². The van der Waals surface area contributed by atoms with E-state index in [0.29, 0.717) is 24.5 Å². The smallest absolute Gasteiger partial charge is 0.222 e. The summed E-state index contributed by atoms with van der Waals surface area (Å²) in [6.45, 7) is 3.33. The van der Waals surface area contributed by atoms with Gasteiger partial charge in [-0.05, 0) is 38.1 Å². The summed E-state index contributed by atoms with van der Waals surface area (Å²) in [4.78, 5) is 14.3. The summed E-state index contributed by atoms with van der Waals surface area (Å²) in [6.07, 6.45) is 6.97. The number of ether oxygens (including phenoxy) is 1. The van der Waals surface area contributed by atoms with Gasteiger partial charge in [0.15, 0.2) is 0 Å². The number of rotatable bonds is 7. The van der Waals surface area contributed by atoms with Gasteiger partial charge in [-0.2, -0.15) is 0 Å². The molecule has 1 heterocycles. The molecule has 1 aliphatic heterocycles. The molecule has 0 aromatic rings. The van der Waals surface area contributed by atoms with Crippen LogP contribution in [0.4, 0.5) is 0 Å². The summed E-state index contributed by atoms with van der Waals surface area (Å²) in [6, 6.07) is 0.493. The summed E-state index contributed by atoms with van der Waals surface area (Å²) < 4.78 is 5.12. The van der Waals surface area contributed by atoms with E-state index in [-0.39, 0.29) is 0 Å². The first-order chi connectivity index (χ1) is 8.79. The lowest BCUT2D eigenvalue weighted by Crippen LogP contribution is -2.43. The van der Waals surface area contributed by atoms with Crippen molar-refractivity contribution in [2.45, 2.75) is 44.6 Å². The van der Waals surface area contributed by atoms with Crippen LogP contribution in [0.3, 0.4) is 0 Å². The second-order valence-corrected chi connectivity index (χ2v) is 5.63. The molecule has 0 aromatic heterocycles. The Morgan fingerprint density at radius 1 is 1.33 bits per heavy atom. The lowest BCUT2D eigenvalue weighted by Gasteiger charge is -2.30. The third-order valence-electron chi connectivity index (χ3n) is 4.21. The number of methoxy groups -OCH3 is 1. The number of amides is 1. The molecular weight excluding hydrogens is 228 g/mol. The standard InChI is InChI=1S/C14H26N2O2/c1-18-9-8-16(11-13-6-3-7-15-13)14(17)10-12-4-2-5-12/h12-13,15H,2-11H2,1H3. The predicted octanol–water partition coefficient (Wildman–Crippen LogP) is 1.40. The van der Waals surface area contributed by atoms with Crippen LogP contribution in [-0.4, -0.2) is 50.2 Å². The molecule has 18 heavy (non-hydrogen) atoms. The predicted molar refractivity (Wildman–Crippen MR) is 71.4 cm³/mol. The van der Waals surface area contributed by atoms with Crippen LogP contribution in [0.5, 0.6) is 0 Å². The highest BCUT2D eigenvalue weighted by atomic mass is 16.5. The van der Waals surface area contributed by atoms with E-state index in [1.54, 1.807) is 7.11 Å². The molecule has 104 valence electrons. The molecule has 2 rings (SSSR count). The molecule has 1 atom stereocenters. The van der Waals surface area contributed by atoms with Gasteiger partial charge < -0.3 is 15.0 Å². The van der Waals surface area contributed by atoms with Gasteiger partial charge in [0.2, 0.25) is 5.91 Å². The molecule has 1 saturated heterocycles. The molecule has 0 bridgehead atoms. The maximum absolute atomic E-state index is 12.3. The third kappa shape index (κ3) is 3.95. The Bertz CT molecular complexity index is 261. The zero-order valence-corrected chi connectivity index (χ0v) is 11.5. The minimum Gasteiger partial charge on any atom is -0.383 e. The van der Waals surface area contributed by atoms with Crippen LogP contribution in [-0.2, 0) is 9.53 Å². The van der Waals surface area contributed by atoms with E-state index in [2.05, 4.69) is 5.32 Å². The van der Waals surface area contributed by atoms with Crippen LogP contribution >= 0.6 is 0 Å². The first kappa shape index (κ1) is 13.8. The van der Waals surface area contributed by atoms with Gasteiger partial charge in [0.05, 0.1) is 6.61 Å². The van der Waals surface area contributed by atoms with Crippen molar-refractivity contribution >= 4 is 5.91 Å². The molecule has 2 aliphatic rings. The zero-order chi connectivity index (χ0) is 12.8.